The third kappa shape index (κ3) is 5.28. The molecule has 1 aliphatic heterocycles. The topological polar surface area (TPSA) is 114 Å². The van der Waals surface area contributed by atoms with Crippen LogP contribution in [0.1, 0.15) is 52.5 Å². The number of aromatic nitrogens is 1. The number of hydrogen-bond donors (Lipinski definition) is 1. The molecule has 44 heavy (non-hydrogen) atoms. The Morgan fingerprint density at radius 2 is 1.73 bits per heavy atom. The van der Waals surface area contributed by atoms with E-state index in [9.17, 15) is 24.3 Å². The average Bonchev–Trinajstić information content (AvgIpc) is 3.26. The Labute approximate surface area is 267 Å². The number of para-hydroxylation sites is 1. The summed E-state index contributed by atoms with van der Waals surface area (Å²) >= 11 is 9.95. The first-order valence-electron chi connectivity index (χ1n) is 14.3. The van der Waals surface area contributed by atoms with Gasteiger partial charge in [-0.15, -0.1) is 0 Å². The number of carbonyl (C=O) groups excluding carboxylic acids is 4. The number of ketones is 1. The number of aromatic hydroxyl groups is 1. The van der Waals surface area contributed by atoms with Crippen LogP contribution in [0.15, 0.2) is 65.1 Å². The number of ether oxygens (including phenoxy) is 1. The summed E-state index contributed by atoms with van der Waals surface area (Å²) in [4.78, 5) is 58.6. The van der Waals surface area contributed by atoms with Gasteiger partial charge in [-0.25, -0.2) is 9.78 Å². The Balaban J connectivity index is 1.33. The second-order valence-corrected chi connectivity index (χ2v) is 12.7. The Morgan fingerprint density at radius 1 is 1.02 bits per heavy atom. The smallest absolute Gasteiger partial charge is 0.339 e. The summed E-state index contributed by atoms with van der Waals surface area (Å²) in [5, 5.41) is 10.9. The summed E-state index contributed by atoms with van der Waals surface area (Å²) in [5.41, 5.74) is 2.90. The lowest BCUT2D eigenvalue weighted by atomic mass is 9.76. The Hall–Kier alpha value is -4.08. The zero-order valence-electron chi connectivity index (χ0n) is 24.0. The number of esters is 1. The number of benzene rings is 3. The van der Waals surface area contributed by atoms with Gasteiger partial charge in [0.2, 0.25) is 17.6 Å². The fraction of sp³-hybridized carbons (Fsp3) is 0.265. The lowest BCUT2D eigenvalue weighted by molar-refractivity contribution is -0.122. The molecule has 6 rings (SSSR count). The summed E-state index contributed by atoms with van der Waals surface area (Å²) < 4.78 is 5.98. The van der Waals surface area contributed by atoms with Gasteiger partial charge in [-0.2, -0.15) is 0 Å². The maximum Gasteiger partial charge on any atom is 0.339 e. The molecule has 1 aromatic heterocycles. The van der Waals surface area contributed by atoms with Crippen LogP contribution < -0.4 is 4.90 Å². The Morgan fingerprint density at radius 3 is 2.45 bits per heavy atom. The second kappa shape index (κ2) is 11.8. The van der Waals surface area contributed by atoms with Crippen molar-refractivity contribution in [1.82, 2.24) is 4.98 Å². The highest BCUT2D eigenvalue weighted by Crippen LogP contribution is 2.42. The maximum absolute atomic E-state index is 13.4. The number of hydrogen-bond acceptors (Lipinski definition) is 7. The van der Waals surface area contributed by atoms with Crippen LogP contribution in [0.4, 0.5) is 5.69 Å². The van der Waals surface area contributed by atoms with Crippen LogP contribution in [-0.2, 0) is 14.3 Å². The summed E-state index contributed by atoms with van der Waals surface area (Å²) in [7, 11) is 0. The number of phenols is 1. The normalized spacial score (nSPS) is 19.7. The van der Waals surface area contributed by atoms with Crippen molar-refractivity contribution in [3.8, 4) is 17.0 Å². The van der Waals surface area contributed by atoms with E-state index in [0.29, 0.717) is 48.8 Å². The molecule has 2 heterocycles. The first kappa shape index (κ1) is 30.0. The number of phenolic OH excluding ortho intramolecular Hbond substituents is 1. The van der Waals surface area contributed by atoms with Crippen LogP contribution in [0, 0.1) is 24.7 Å². The molecule has 4 aromatic rings. The number of nitrogens with zero attached hydrogens (tertiary/aromatic N) is 2. The van der Waals surface area contributed by atoms with Gasteiger partial charge >= 0.3 is 5.97 Å². The number of halogens is 2. The van der Waals surface area contributed by atoms with Gasteiger partial charge in [0.1, 0.15) is 5.75 Å². The number of Topliss-reactive ketones (excluding diaryl/α,β-unsaturated/α-hetero) is 1. The van der Waals surface area contributed by atoms with Crippen molar-refractivity contribution < 1.29 is 29.0 Å². The number of carbonyl (C=O) groups is 4. The van der Waals surface area contributed by atoms with Crippen molar-refractivity contribution in [3.05, 3.63) is 86.8 Å². The molecule has 8 nitrogen and oxygen atoms in total. The van der Waals surface area contributed by atoms with Crippen molar-refractivity contribution >= 4 is 67.7 Å². The third-order valence-electron chi connectivity index (χ3n) is 8.59. The van der Waals surface area contributed by atoms with Gasteiger partial charge in [0.05, 0.1) is 44.9 Å². The molecule has 1 aliphatic carbocycles. The first-order valence-corrected chi connectivity index (χ1v) is 15.5. The summed E-state index contributed by atoms with van der Waals surface area (Å²) in [6, 6.07) is 16.2. The molecular formula is C34H28BrClN2O6. The predicted octanol–water partition coefficient (Wildman–Crippen LogP) is 7.30. The van der Waals surface area contributed by atoms with Gasteiger partial charge in [-0.3, -0.25) is 19.3 Å². The largest absolute Gasteiger partial charge is 0.507 e. The molecule has 1 N–H and O–H groups in total. The number of rotatable bonds is 6. The molecule has 2 amide bonds. The highest BCUT2D eigenvalue weighted by atomic mass is 79.9. The minimum atomic E-state index is -0.752. The summed E-state index contributed by atoms with van der Waals surface area (Å²) in [6.45, 7) is 3.33. The Kier molecular flexibility index (Phi) is 8.02. The van der Waals surface area contributed by atoms with E-state index in [-0.39, 0.29) is 40.5 Å². The SMILES string of the molecule is Cc1c(Cl)c(Br)cc2c(C(=O)OCC(=O)c3ccccc3O)cc(-c3ccc(N4C(=O)C5CCC(C)CC5C4=O)cc3)nc12. The minimum Gasteiger partial charge on any atom is -0.507 e. The fourth-order valence-corrected chi connectivity index (χ4v) is 6.87. The second-order valence-electron chi connectivity index (χ2n) is 11.5. The molecule has 0 radical (unpaired) electrons. The number of pyridine rings is 1. The van der Waals surface area contributed by atoms with Crippen LogP contribution in [0.2, 0.25) is 5.02 Å². The van der Waals surface area contributed by atoms with Crippen molar-refractivity contribution in [2.45, 2.75) is 33.1 Å². The highest BCUT2D eigenvalue weighted by molar-refractivity contribution is 9.10. The predicted molar refractivity (Wildman–Crippen MR) is 170 cm³/mol. The molecule has 2 aliphatic rings. The Bertz CT molecular complexity index is 1860. The molecule has 10 heteroatoms. The fourth-order valence-electron chi connectivity index (χ4n) is 6.20. The van der Waals surface area contributed by atoms with Crippen molar-refractivity contribution in [2.75, 3.05) is 11.5 Å². The van der Waals surface area contributed by atoms with Gasteiger partial charge < -0.3 is 9.84 Å². The van der Waals surface area contributed by atoms with Gasteiger partial charge in [0.15, 0.2) is 6.61 Å². The molecule has 3 aromatic carbocycles. The minimum absolute atomic E-state index is 0.0507. The van der Waals surface area contributed by atoms with Gasteiger partial charge in [0, 0.05) is 15.4 Å². The standard InChI is InChI=1S/C34H28BrClN2O6/c1-17-7-12-21-24(13-17)33(42)38(32(21)41)20-10-8-19(9-11-20)27-15-25(23-14-26(35)30(36)18(2)31(23)37-27)34(43)44-16-29(40)22-5-3-4-6-28(22)39/h3-6,8-11,14-15,17,21,24,39H,7,12-13,16H2,1-2H3. The van der Waals surface area contributed by atoms with Crippen LogP contribution in [0.3, 0.4) is 0 Å². The zero-order valence-corrected chi connectivity index (χ0v) is 26.3. The quantitative estimate of drug-likeness (QED) is 0.130. The molecule has 1 saturated carbocycles. The van der Waals surface area contributed by atoms with Crippen LogP contribution >= 0.6 is 27.5 Å². The molecule has 0 bridgehead atoms. The molecule has 3 unspecified atom stereocenters. The molecule has 1 saturated heterocycles. The highest BCUT2D eigenvalue weighted by Gasteiger charge is 2.49. The van der Waals surface area contributed by atoms with E-state index in [2.05, 4.69) is 22.9 Å². The molecular weight excluding hydrogens is 648 g/mol. The van der Waals surface area contributed by atoms with Crippen molar-refractivity contribution in [1.29, 1.82) is 0 Å². The van der Waals surface area contributed by atoms with Crippen LogP contribution in [0.5, 0.6) is 5.75 Å². The van der Waals surface area contributed by atoms with E-state index in [1.807, 2.05) is 0 Å². The van der Waals surface area contributed by atoms with Crippen molar-refractivity contribution in [2.24, 2.45) is 17.8 Å². The van der Waals surface area contributed by atoms with E-state index in [4.69, 9.17) is 21.3 Å². The molecule has 2 fully saturated rings. The molecule has 224 valence electrons. The lowest BCUT2D eigenvalue weighted by Crippen LogP contribution is -2.30. The third-order valence-corrected chi connectivity index (χ3v) is 9.93. The zero-order chi connectivity index (χ0) is 31.3. The maximum atomic E-state index is 13.4. The molecule has 0 spiro atoms. The van der Waals surface area contributed by atoms with Gasteiger partial charge in [-0.05, 0) is 90.0 Å². The van der Waals surface area contributed by atoms with Crippen molar-refractivity contribution in [3.63, 3.8) is 0 Å². The lowest BCUT2D eigenvalue weighted by Gasteiger charge is -2.25. The number of imide groups is 1. The van der Waals surface area contributed by atoms with E-state index in [1.165, 1.54) is 17.0 Å². The number of fused-ring (bicyclic) bond motifs is 2. The number of aryl methyl sites for hydroxylation is 1. The first-order chi connectivity index (χ1) is 21.0. The summed E-state index contributed by atoms with van der Waals surface area (Å²) in [6.07, 6.45) is 2.38. The van der Waals surface area contributed by atoms with E-state index in [0.717, 1.165) is 19.3 Å². The number of anilines is 1. The van der Waals surface area contributed by atoms with Crippen LogP contribution in [-0.4, -0.2) is 40.3 Å². The number of amides is 2. The summed E-state index contributed by atoms with van der Waals surface area (Å²) in [5.74, 6) is -1.93. The van der Waals surface area contributed by atoms with Crippen LogP contribution in [0.25, 0.3) is 22.2 Å². The van der Waals surface area contributed by atoms with E-state index in [1.54, 1.807) is 55.5 Å². The van der Waals surface area contributed by atoms with E-state index >= 15 is 0 Å². The monoisotopic (exact) mass is 674 g/mol. The average molecular weight is 676 g/mol. The van der Waals surface area contributed by atoms with Gasteiger partial charge in [0.25, 0.3) is 0 Å². The van der Waals surface area contributed by atoms with E-state index < -0.39 is 18.4 Å². The molecule has 3 atom stereocenters. The van der Waals surface area contributed by atoms with Gasteiger partial charge in [-0.1, -0.05) is 42.8 Å².